The quantitative estimate of drug-likeness (QED) is 0.398. The monoisotopic (exact) mass is 485 g/mol. The van der Waals surface area contributed by atoms with Crippen LogP contribution in [0.4, 0.5) is 5.69 Å². The highest BCUT2D eigenvalue weighted by Crippen LogP contribution is 2.27. The Morgan fingerprint density at radius 1 is 1.03 bits per heavy atom. The molecule has 3 rings (SSSR count). The van der Waals surface area contributed by atoms with Crippen molar-refractivity contribution < 1.29 is 23.8 Å². The molecular formula is C23H27N5O5S. The predicted molar refractivity (Wildman–Crippen MR) is 129 cm³/mol. The van der Waals surface area contributed by atoms with E-state index < -0.39 is 0 Å². The van der Waals surface area contributed by atoms with Crippen LogP contribution in [-0.4, -0.2) is 53.2 Å². The van der Waals surface area contributed by atoms with Gasteiger partial charge in [-0.05, 0) is 49.4 Å². The van der Waals surface area contributed by atoms with Gasteiger partial charge in [-0.1, -0.05) is 11.8 Å². The highest BCUT2D eigenvalue weighted by Gasteiger charge is 2.15. The van der Waals surface area contributed by atoms with Crippen molar-refractivity contribution in [2.75, 3.05) is 31.9 Å². The molecule has 0 spiro atoms. The van der Waals surface area contributed by atoms with Gasteiger partial charge >= 0.3 is 0 Å². The number of hydrogen-bond donors (Lipinski definition) is 2. The van der Waals surface area contributed by atoms with E-state index >= 15 is 0 Å². The molecule has 1 heterocycles. The Hall–Kier alpha value is -3.73. The van der Waals surface area contributed by atoms with Crippen LogP contribution in [0.1, 0.15) is 23.1 Å². The number of carbonyl (C=O) groups is 2. The second-order valence-corrected chi connectivity index (χ2v) is 7.95. The van der Waals surface area contributed by atoms with Gasteiger partial charge < -0.3 is 29.4 Å². The summed E-state index contributed by atoms with van der Waals surface area (Å²) >= 11 is 1.26. The average molecular weight is 486 g/mol. The lowest BCUT2D eigenvalue weighted by Crippen LogP contribution is -2.24. The summed E-state index contributed by atoms with van der Waals surface area (Å²) in [4.78, 5) is 24.8. The molecule has 180 valence electrons. The Morgan fingerprint density at radius 3 is 2.44 bits per heavy atom. The first kappa shape index (κ1) is 24.9. The predicted octanol–water partition coefficient (Wildman–Crippen LogP) is 2.89. The van der Waals surface area contributed by atoms with Gasteiger partial charge in [0.25, 0.3) is 5.91 Å². The topological polar surface area (TPSA) is 117 Å². The Morgan fingerprint density at radius 2 is 1.76 bits per heavy atom. The van der Waals surface area contributed by atoms with Crippen molar-refractivity contribution in [1.29, 1.82) is 0 Å². The zero-order chi connectivity index (χ0) is 24.5. The molecule has 0 aliphatic carbocycles. The molecule has 0 fully saturated rings. The molecule has 0 radical (unpaired) electrons. The van der Waals surface area contributed by atoms with Crippen LogP contribution >= 0.6 is 11.8 Å². The van der Waals surface area contributed by atoms with Gasteiger partial charge in [-0.2, -0.15) is 0 Å². The standard InChI is InChI=1S/C23H27N5O5S/c1-5-33-17-9-7-16(8-10-17)25-21(29)14-34-23-27-26-20(28(23)2)13-24-22(30)15-6-11-18(31-3)19(12-15)32-4/h6-12H,5,13-14H2,1-4H3,(H,24,30)(H,25,29). The first-order valence-electron chi connectivity index (χ1n) is 10.5. The Balaban J connectivity index is 1.51. The van der Waals surface area contributed by atoms with Gasteiger partial charge in [0.05, 0.1) is 33.1 Å². The summed E-state index contributed by atoms with van der Waals surface area (Å²) in [5.41, 5.74) is 1.12. The van der Waals surface area contributed by atoms with Crippen LogP contribution in [0, 0.1) is 0 Å². The number of amides is 2. The van der Waals surface area contributed by atoms with Crippen LogP contribution in [0.2, 0.25) is 0 Å². The van der Waals surface area contributed by atoms with Crippen LogP contribution in [-0.2, 0) is 18.4 Å². The lowest BCUT2D eigenvalue weighted by Gasteiger charge is -2.10. The number of ether oxygens (including phenoxy) is 3. The number of rotatable bonds is 11. The fourth-order valence-electron chi connectivity index (χ4n) is 2.99. The lowest BCUT2D eigenvalue weighted by atomic mass is 10.2. The van der Waals surface area contributed by atoms with Crippen molar-refractivity contribution in [3.05, 3.63) is 53.9 Å². The Kier molecular flexibility index (Phi) is 8.74. The normalized spacial score (nSPS) is 10.5. The molecule has 2 amide bonds. The molecule has 1 aromatic heterocycles. The van der Waals surface area contributed by atoms with Crippen LogP contribution in [0.5, 0.6) is 17.2 Å². The van der Waals surface area contributed by atoms with Gasteiger partial charge in [-0.25, -0.2) is 0 Å². The van der Waals surface area contributed by atoms with E-state index in [4.69, 9.17) is 14.2 Å². The van der Waals surface area contributed by atoms with Crippen LogP contribution in [0.15, 0.2) is 47.6 Å². The van der Waals surface area contributed by atoms with E-state index in [1.807, 2.05) is 6.92 Å². The lowest BCUT2D eigenvalue weighted by molar-refractivity contribution is -0.113. The van der Waals surface area contributed by atoms with Crippen molar-refractivity contribution in [2.24, 2.45) is 7.05 Å². The summed E-state index contributed by atoms with van der Waals surface area (Å²) in [7, 11) is 4.83. The van der Waals surface area contributed by atoms with E-state index in [-0.39, 0.29) is 24.1 Å². The smallest absolute Gasteiger partial charge is 0.251 e. The number of nitrogens with zero attached hydrogens (tertiary/aromatic N) is 3. The van der Waals surface area contributed by atoms with E-state index in [1.165, 1.54) is 26.0 Å². The zero-order valence-corrected chi connectivity index (χ0v) is 20.3. The molecule has 0 atom stereocenters. The summed E-state index contributed by atoms with van der Waals surface area (Å²) in [6, 6.07) is 12.1. The van der Waals surface area contributed by atoms with Gasteiger partial charge in [0.15, 0.2) is 22.5 Å². The fraction of sp³-hybridized carbons (Fsp3) is 0.304. The first-order chi connectivity index (χ1) is 16.4. The van der Waals surface area contributed by atoms with E-state index in [9.17, 15) is 9.59 Å². The maximum Gasteiger partial charge on any atom is 0.251 e. The molecule has 0 bridgehead atoms. The van der Waals surface area contributed by atoms with Crippen LogP contribution < -0.4 is 24.8 Å². The van der Waals surface area contributed by atoms with Crippen molar-refractivity contribution in [1.82, 2.24) is 20.1 Å². The number of nitrogens with one attached hydrogen (secondary N) is 2. The molecule has 0 saturated heterocycles. The minimum Gasteiger partial charge on any atom is -0.494 e. The molecule has 3 aromatic rings. The third-order valence-electron chi connectivity index (χ3n) is 4.76. The van der Waals surface area contributed by atoms with E-state index in [0.717, 1.165) is 5.75 Å². The van der Waals surface area contributed by atoms with Crippen molar-refractivity contribution >= 4 is 29.3 Å². The van der Waals surface area contributed by atoms with Gasteiger partial charge in [-0.3, -0.25) is 9.59 Å². The van der Waals surface area contributed by atoms with E-state index in [0.29, 0.717) is 40.3 Å². The number of benzene rings is 2. The third kappa shape index (κ3) is 6.41. The molecule has 34 heavy (non-hydrogen) atoms. The van der Waals surface area contributed by atoms with E-state index in [1.54, 1.807) is 54.1 Å². The minimum atomic E-state index is -0.284. The van der Waals surface area contributed by atoms with E-state index in [2.05, 4.69) is 20.8 Å². The van der Waals surface area contributed by atoms with Gasteiger partial charge in [0.2, 0.25) is 5.91 Å². The minimum absolute atomic E-state index is 0.164. The summed E-state index contributed by atoms with van der Waals surface area (Å²) < 4.78 is 17.6. The SMILES string of the molecule is CCOc1ccc(NC(=O)CSc2nnc(CNC(=O)c3ccc(OC)c(OC)c3)n2C)cc1. The highest BCUT2D eigenvalue weighted by molar-refractivity contribution is 7.99. The number of anilines is 1. The largest absolute Gasteiger partial charge is 0.494 e. The third-order valence-corrected chi connectivity index (χ3v) is 5.78. The molecule has 0 aliphatic heterocycles. The molecular weight excluding hydrogens is 458 g/mol. The van der Waals surface area contributed by atoms with Gasteiger partial charge in [0, 0.05) is 18.3 Å². The average Bonchev–Trinajstić information content (AvgIpc) is 3.21. The molecule has 0 unspecified atom stereocenters. The maximum absolute atomic E-state index is 12.5. The molecule has 10 nitrogen and oxygen atoms in total. The second kappa shape index (κ2) is 11.9. The Bertz CT molecular complexity index is 1130. The molecule has 0 aliphatic rings. The van der Waals surface area contributed by atoms with Gasteiger partial charge in [0.1, 0.15) is 5.75 Å². The molecule has 2 aromatic carbocycles. The van der Waals surface area contributed by atoms with Crippen molar-refractivity contribution in [3.8, 4) is 17.2 Å². The summed E-state index contributed by atoms with van der Waals surface area (Å²) in [5.74, 6) is 2.03. The summed E-state index contributed by atoms with van der Waals surface area (Å²) in [5, 5.41) is 14.5. The maximum atomic E-state index is 12.5. The Labute approximate surface area is 202 Å². The number of methoxy groups -OCH3 is 2. The van der Waals surface area contributed by atoms with Crippen LogP contribution in [0.3, 0.4) is 0 Å². The van der Waals surface area contributed by atoms with Crippen molar-refractivity contribution in [2.45, 2.75) is 18.6 Å². The van der Waals surface area contributed by atoms with Crippen molar-refractivity contribution in [3.63, 3.8) is 0 Å². The first-order valence-corrected chi connectivity index (χ1v) is 11.5. The fourth-order valence-corrected chi connectivity index (χ4v) is 3.72. The number of thioether (sulfide) groups is 1. The molecule has 11 heteroatoms. The number of carbonyl (C=O) groups excluding carboxylic acids is 2. The van der Waals surface area contributed by atoms with Gasteiger partial charge in [-0.15, -0.1) is 10.2 Å². The summed E-state index contributed by atoms with van der Waals surface area (Å²) in [6.45, 7) is 2.68. The second-order valence-electron chi connectivity index (χ2n) is 7.00. The van der Waals surface area contributed by atoms with Crippen LogP contribution in [0.25, 0.3) is 0 Å². The molecule has 0 saturated carbocycles. The summed E-state index contributed by atoms with van der Waals surface area (Å²) in [6.07, 6.45) is 0. The molecule has 2 N–H and O–H groups in total. The number of hydrogen-bond acceptors (Lipinski definition) is 8. The number of aromatic nitrogens is 3. The highest BCUT2D eigenvalue weighted by atomic mass is 32.2. The zero-order valence-electron chi connectivity index (χ0n) is 19.5.